The molecule has 52 heavy (non-hydrogen) atoms. The van der Waals surface area contributed by atoms with Crippen LogP contribution in [0.1, 0.15) is 57.1 Å². The van der Waals surface area contributed by atoms with E-state index in [0.717, 1.165) is 29.2 Å². The van der Waals surface area contributed by atoms with Gasteiger partial charge in [-0.15, -0.1) is 0 Å². The minimum absolute atomic E-state index is 0.0968. The van der Waals surface area contributed by atoms with Crippen molar-refractivity contribution in [1.82, 2.24) is 9.80 Å². The van der Waals surface area contributed by atoms with E-state index in [2.05, 4.69) is 0 Å². The number of amides is 3. The van der Waals surface area contributed by atoms with Gasteiger partial charge in [-0.05, 0) is 54.7 Å². The summed E-state index contributed by atoms with van der Waals surface area (Å²) in [5, 5.41) is 11.3. The SMILES string of the molecule is C[C@H]1[C@H](c2ccccc2)OC(=O)[C@@H]2[C@H]3C(=O)N(CCCCCCO)[C@H](C(=O)N(c4ccc5ccccc5c4)C/C=C\CCC(=O)N1C)[C@]31C=C[C@H]2O1. The number of unbranched alkanes of at least 4 members (excludes halogenated alkanes) is 3. The first kappa shape index (κ1) is 35.6. The summed E-state index contributed by atoms with van der Waals surface area (Å²) in [6.45, 7) is 2.48. The van der Waals surface area contributed by atoms with Gasteiger partial charge in [0.05, 0.1) is 18.1 Å². The molecule has 3 aromatic carbocycles. The number of allylic oxidation sites excluding steroid dienone is 1. The van der Waals surface area contributed by atoms with Crippen LogP contribution >= 0.6 is 0 Å². The molecule has 272 valence electrons. The molecule has 2 saturated heterocycles. The van der Waals surface area contributed by atoms with E-state index in [0.29, 0.717) is 31.5 Å². The summed E-state index contributed by atoms with van der Waals surface area (Å²) in [5.74, 6) is -3.24. The fraction of sp³-hybridized carbons (Fsp3) is 0.429. The predicted octanol–water partition coefficient (Wildman–Crippen LogP) is 5.36. The van der Waals surface area contributed by atoms with E-state index in [1.807, 2.05) is 97.9 Å². The monoisotopic (exact) mass is 705 g/mol. The van der Waals surface area contributed by atoms with Crippen LogP contribution in [-0.2, 0) is 28.7 Å². The summed E-state index contributed by atoms with van der Waals surface area (Å²) in [6.07, 6.45) is 9.44. The van der Waals surface area contributed by atoms with Crippen molar-refractivity contribution >= 4 is 40.2 Å². The predicted molar refractivity (Wildman–Crippen MR) is 197 cm³/mol. The Balaban J connectivity index is 1.31. The summed E-state index contributed by atoms with van der Waals surface area (Å²) in [6, 6.07) is 21.6. The van der Waals surface area contributed by atoms with Crippen LogP contribution in [0.4, 0.5) is 5.69 Å². The number of benzene rings is 3. The van der Waals surface area contributed by atoms with E-state index in [9.17, 15) is 19.5 Å². The Morgan fingerprint density at radius 1 is 0.865 bits per heavy atom. The Bertz CT molecular complexity index is 1880. The molecule has 7 rings (SSSR count). The maximum Gasteiger partial charge on any atom is 0.313 e. The number of esters is 1. The number of anilines is 1. The van der Waals surface area contributed by atoms with Crippen molar-refractivity contribution in [3.8, 4) is 0 Å². The van der Waals surface area contributed by atoms with E-state index < -0.39 is 47.7 Å². The molecule has 0 unspecified atom stereocenters. The van der Waals surface area contributed by atoms with Crippen LogP contribution in [0.2, 0.25) is 0 Å². The molecule has 4 heterocycles. The second-order valence-corrected chi connectivity index (χ2v) is 14.4. The number of hydrogen-bond donors (Lipinski definition) is 1. The number of carbonyl (C=O) groups excluding carboxylic acids is 4. The van der Waals surface area contributed by atoms with Crippen LogP contribution in [0.3, 0.4) is 0 Å². The molecule has 3 amide bonds. The number of rotatable bonds is 8. The second kappa shape index (κ2) is 15.0. The van der Waals surface area contributed by atoms with E-state index >= 15 is 4.79 Å². The highest BCUT2D eigenvalue weighted by Crippen LogP contribution is 2.56. The first-order chi connectivity index (χ1) is 25.2. The van der Waals surface area contributed by atoms with Gasteiger partial charge in [0.25, 0.3) is 5.91 Å². The number of fused-ring (bicyclic) bond motifs is 3. The molecule has 4 aliphatic rings. The minimum Gasteiger partial charge on any atom is -0.455 e. The van der Waals surface area contributed by atoms with Crippen molar-refractivity contribution in [2.24, 2.45) is 11.8 Å². The van der Waals surface area contributed by atoms with Gasteiger partial charge in [0.1, 0.15) is 23.7 Å². The molecule has 2 fully saturated rings. The third-order valence-electron chi connectivity index (χ3n) is 11.3. The van der Waals surface area contributed by atoms with Gasteiger partial charge in [-0.3, -0.25) is 19.2 Å². The van der Waals surface area contributed by atoms with Crippen LogP contribution in [0, 0.1) is 11.8 Å². The molecule has 5 bridgehead atoms. The van der Waals surface area contributed by atoms with E-state index in [1.165, 1.54) is 0 Å². The zero-order valence-electron chi connectivity index (χ0n) is 29.8. The van der Waals surface area contributed by atoms with E-state index in [-0.39, 0.29) is 37.3 Å². The molecule has 4 aliphatic heterocycles. The Morgan fingerprint density at radius 2 is 1.62 bits per heavy atom. The first-order valence-electron chi connectivity index (χ1n) is 18.5. The van der Waals surface area contributed by atoms with Gasteiger partial charge in [0, 0.05) is 38.9 Å². The second-order valence-electron chi connectivity index (χ2n) is 14.4. The lowest BCUT2D eigenvalue weighted by Gasteiger charge is -2.36. The highest BCUT2D eigenvalue weighted by atomic mass is 16.6. The summed E-state index contributed by atoms with van der Waals surface area (Å²) in [4.78, 5) is 62.7. The number of aliphatic hydroxyl groups is 1. The zero-order chi connectivity index (χ0) is 36.4. The van der Waals surface area contributed by atoms with Gasteiger partial charge in [-0.2, -0.15) is 0 Å². The van der Waals surface area contributed by atoms with Gasteiger partial charge in [0.15, 0.2) is 0 Å². The molecule has 3 aromatic rings. The molecule has 0 aliphatic carbocycles. The van der Waals surface area contributed by atoms with Gasteiger partial charge in [-0.25, -0.2) is 0 Å². The fourth-order valence-corrected chi connectivity index (χ4v) is 8.42. The topological polar surface area (TPSA) is 117 Å². The fourth-order valence-electron chi connectivity index (χ4n) is 8.42. The standard InChI is InChI=1S/C42H47N3O7/c1-28-37(30-16-7-5-8-17-30)51-41(50)35-33-22-23-42(52-33)36(35)39(48)45(25-12-3-4-14-26-46)38(42)40(49)44(24-13-6-9-19-34(47)43(28)2)32-21-20-29-15-10-11-18-31(29)27-32/h5-8,10-11,13,15-18,20-23,27-28,33,35-38,46H,3-4,9,12,14,19,24-26H2,1-2H3/b13-6-/t28-,33+,35-,36-,37+,38+,42-/m0/s1. The summed E-state index contributed by atoms with van der Waals surface area (Å²) in [5.41, 5.74) is 0.0434. The van der Waals surface area contributed by atoms with Crippen LogP contribution in [0.15, 0.2) is 97.1 Å². The molecule has 1 spiro atoms. The van der Waals surface area contributed by atoms with Crippen LogP contribution in [-0.4, -0.2) is 89.1 Å². The highest BCUT2D eigenvalue weighted by molar-refractivity contribution is 6.06. The third-order valence-corrected chi connectivity index (χ3v) is 11.3. The number of aliphatic hydroxyl groups excluding tert-OH is 1. The minimum atomic E-state index is -1.36. The Hall–Kier alpha value is -4.80. The Kier molecular flexibility index (Phi) is 10.3. The number of likely N-dealkylation sites (N-methyl/N-ethyl adjacent to an activating group) is 1. The number of ether oxygens (including phenoxy) is 2. The average molecular weight is 706 g/mol. The smallest absolute Gasteiger partial charge is 0.313 e. The quantitative estimate of drug-likeness (QED) is 0.191. The van der Waals surface area contributed by atoms with Gasteiger partial charge >= 0.3 is 5.97 Å². The summed E-state index contributed by atoms with van der Waals surface area (Å²) < 4.78 is 13.0. The highest BCUT2D eigenvalue weighted by Gasteiger charge is 2.73. The molecule has 0 saturated carbocycles. The van der Waals surface area contributed by atoms with Gasteiger partial charge < -0.3 is 29.3 Å². The number of hydrogen-bond acceptors (Lipinski definition) is 7. The summed E-state index contributed by atoms with van der Waals surface area (Å²) in [7, 11) is 1.72. The van der Waals surface area contributed by atoms with Crippen molar-refractivity contribution in [3.63, 3.8) is 0 Å². The first-order valence-corrected chi connectivity index (χ1v) is 18.5. The molecule has 10 heteroatoms. The molecular formula is C42H47N3O7. The largest absolute Gasteiger partial charge is 0.455 e. The molecule has 0 aromatic heterocycles. The Labute approximate surface area is 304 Å². The Morgan fingerprint density at radius 3 is 2.40 bits per heavy atom. The maximum absolute atomic E-state index is 15.2. The molecule has 1 N–H and O–H groups in total. The number of cyclic esters (lactones) is 1. The van der Waals surface area contributed by atoms with E-state index in [4.69, 9.17) is 9.47 Å². The molecule has 10 nitrogen and oxygen atoms in total. The molecule has 0 radical (unpaired) electrons. The molecule has 7 atom stereocenters. The van der Waals surface area contributed by atoms with Crippen molar-refractivity contribution in [3.05, 3.63) is 103 Å². The number of nitrogens with zero attached hydrogens (tertiary/aromatic N) is 3. The average Bonchev–Trinajstić information content (AvgIpc) is 3.81. The normalized spacial score (nSPS) is 29.9. The number of likely N-dealkylation sites (tertiary alicyclic amines) is 1. The maximum atomic E-state index is 15.2. The molecular weight excluding hydrogens is 658 g/mol. The lowest BCUT2D eigenvalue weighted by molar-refractivity contribution is -0.164. The lowest BCUT2D eigenvalue weighted by atomic mass is 9.74. The van der Waals surface area contributed by atoms with Crippen molar-refractivity contribution in [2.75, 3.05) is 31.6 Å². The summed E-state index contributed by atoms with van der Waals surface area (Å²) >= 11 is 0. The van der Waals surface area contributed by atoms with E-state index in [1.54, 1.807) is 27.8 Å². The van der Waals surface area contributed by atoms with Crippen molar-refractivity contribution in [1.29, 1.82) is 0 Å². The van der Waals surface area contributed by atoms with Crippen LogP contribution < -0.4 is 4.90 Å². The van der Waals surface area contributed by atoms with Crippen molar-refractivity contribution in [2.45, 2.75) is 75.3 Å². The third kappa shape index (κ3) is 6.43. The van der Waals surface area contributed by atoms with Gasteiger partial charge in [-0.1, -0.05) is 97.8 Å². The number of carbonyl (C=O) groups is 4. The van der Waals surface area contributed by atoms with Gasteiger partial charge in [0.2, 0.25) is 11.8 Å². The van der Waals surface area contributed by atoms with Crippen LogP contribution in [0.5, 0.6) is 0 Å². The zero-order valence-corrected chi connectivity index (χ0v) is 29.8. The lowest BCUT2D eigenvalue weighted by Crippen LogP contribution is -2.56. The van der Waals surface area contributed by atoms with Crippen LogP contribution in [0.25, 0.3) is 10.8 Å². The van der Waals surface area contributed by atoms with Crippen molar-refractivity contribution < 1.29 is 33.8 Å².